The molecule has 0 radical (unpaired) electrons. The number of unbranched alkanes of at least 4 members (excludes halogenated alkanes) is 1. The lowest BCUT2D eigenvalue weighted by atomic mass is 9.90. The first-order valence-corrected chi connectivity index (χ1v) is 18.9. The lowest BCUT2D eigenvalue weighted by Crippen LogP contribution is -2.46. The molecule has 1 atom stereocenters. The summed E-state index contributed by atoms with van der Waals surface area (Å²) in [6.45, 7) is 8.08. The van der Waals surface area contributed by atoms with Crippen molar-refractivity contribution in [3.05, 3.63) is 48.4 Å². The minimum Gasteiger partial charge on any atom is -0.379 e. The number of rotatable bonds is 14. The molecule has 5 rings (SSSR count). The number of H-pyrrole nitrogens is 1. The van der Waals surface area contributed by atoms with E-state index in [1.54, 1.807) is 6.33 Å². The molecule has 2 fully saturated rings. The van der Waals surface area contributed by atoms with Gasteiger partial charge in [0.15, 0.2) is 0 Å². The normalized spacial score (nSPS) is 21.1. The van der Waals surface area contributed by atoms with E-state index in [2.05, 4.69) is 82.5 Å². The van der Waals surface area contributed by atoms with Crippen molar-refractivity contribution < 1.29 is 13.2 Å². The highest BCUT2D eigenvalue weighted by Crippen LogP contribution is 2.34. The topological polar surface area (TPSA) is 103 Å². The van der Waals surface area contributed by atoms with E-state index in [-0.39, 0.29) is 5.75 Å². The Morgan fingerprint density at radius 2 is 1.93 bits per heavy atom. The molecule has 9 nitrogen and oxygen atoms in total. The molecule has 1 aromatic carbocycles. The maximum absolute atomic E-state index is 11.6. The zero-order valence-electron chi connectivity index (χ0n) is 27.6. The van der Waals surface area contributed by atoms with Crippen LogP contribution < -0.4 is 5.32 Å². The molecule has 1 aliphatic carbocycles. The fourth-order valence-corrected chi connectivity index (χ4v) is 7.81. The van der Waals surface area contributed by atoms with Crippen molar-refractivity contribution in [2.75, 3.05) is 50.7 Å². The molecule has 2 N–H and O–H groups in total. The Morgan fingerprint density at radius 3 is 2.64 bits per heavy atom. The Morgan fingerprint density at radius 1 is 1.16 bits per heavy atom. The van der Waals surface area contributed by atoms with E-state index >= 15 is 0 Å². The predicted molar refractivity (Wildman–Crippen MR) is 186 cm³/mol. The summed E-state index contributed by atoms with van der Waals surface area (Å²) >= 11 is 0. The van der Waals surface area contributed by atoms with Gasteiger partial charge in [-0.1, -0.05) is 38.0 Å². The van der Waals surface area contributed by atoms with Gasteiger partial charge in [0.25, 0.3) is 0 Å². The summed E-state index contributed by atoms with van der Waals surface area (Å²) in [5.41, 5.74) is 4.19. The molecule has 45 heavy (non-hydrogen) atoms. The van der Waals surface area contributed by atoms with Crippen LogP contribution >= 0.6 is 0 Å². The first-order chi connectivity index (χ1) is 21.8. The summed E-state index contributed by atoms with van der Waals surface area (Å²) in [5, 5.41) is 5.98. The minimum absolute atomic E-state index is 0.260. The second-order valence-corrected chi connectivity index (χ2v) is 15.2. The first kappa shape index (κ1) is 33.4. The van der Waals surface area contributed by atoms with Crippen LogP contribution in [0.3, 0.4) is 0 Å². The summed E-state index contributed by atoms with van der Waals surface area (Å²) in [4.78, 5) is 17.8. The van der Waals surface area contributed by atoms with Gasteiger partial charge < -0.3 is 19.9 Å². The number of sulfone groups is 1. The molecular formula is C35H52N6O3S. The van der Waals surface area contributed by atoms with Gasteiger partial charge in [-0.15, -0.1) is 0 Å². The van der Waals surface area contributed by atoms with Crippen molar-refractivity contribution in [2.45, 2.75) is 89.8 Å². The van der Waals surface area contributed by atoms with Gasteiger partial charge in [0.1, 0.15) is 27.6 Å². The maximum atomic E-state index is 11.6. The number of ether oxygens (including phenoxy) is 1. The monoisotopic (exact) mass is 636 g/mol. The summed E-state index contributed by atoms with van der Waals surface area (Å²) in [6, 6.07) is 8.00. The smallest absolute Gasteiger partial charge is 0.147 e. The molecular weight excluding hydrogens is 584 g/mol. The number of hydrogen-bond donors (Lipinski definition) is 2. The molecule has 0 spiro atoms. The third-order valence-corrected chi connectivity index (χ3v) is 10.5. The molecule has 0 amide bonds. The Hall–Kier alpha value is -2.95. The molecule has 2 aromatic heterocycles. The second-order valence-electron chi connectivity index (χ2n) is 12.9. The van der Waals surface area contributed by atoms with Gasteiger partial charge in [-0.2, -0.15) is 0 Å². The average molecular weight is 637 g/mol. The third kappa shape index (κ3) is 8.86. The van der Waals surface area contributed by atoms with Crippen molar-refractivity contribution in [2.24, 2.45) is 0 Å². The van der Waals surface area contributed by atoms with Gasteiger partial charge in [-0.3, -0.25) is 4.90 Å². The number of allylic oxidation sites excluding steroid dienone is 3. The molecule has 3 aromatic rings. The van der Waals surface area contributed by atoms with Crippen LogP contribution in [-0.2, 0) is 14.6 Å². The Balaban J connectivity index is 1.35. The van der Waals surface area contributed by atoms with Crippen LogP contribution in [-0.4, -0.2) is 96.7 Å². The molecule has 3 heterocycles. The standard InChI is InChI=1S/C35H52N6O3S/c1-5-9-27(24-40(3)29(10-6-2)11-7-8-22-45(4,42)43)26-12-17-32-31(23-26)33-34(36-25-37-35(33)39-32)38-28-13-15-30(16-14-28)41-18-20-44-21-19-41/h5,9,12,17,23-25,28-30H,6-8,10-11,13-16,18-22H2,1-4H3,(H2,36,37,38,39)/b9-5+,27-24+. The van der Waals surface area contributed by atoms with Gasteiger partial charge in [0.05, 0.1) is 18.6 Å². The second kappa shape index (κ2) is 15.6. The van der Waals surface area contributed by atoms with Crippen LogP contribution in [0.4, 0.5) is 5.82 Å². The number of hydrogen-bond acceptors (Lipinski definition) is 8. The zero-order chi connectivity index (χ0) is 31.8. The molecule has 1 aliphatic heterocycles. The number of aromatic amines is 1. The zero-order valence-corrected chi connectivity index (χ0v) is 28.4. The van der Waals surface area contributed by atoms with Crippen LogP contribution in [0.5, 0.6) is 0 Å². The SMILES string of the molecule is C/C=C/C(=C\N(C)C(CCC)CCCCS(C)(=O)=O)c1ccc2[nH]c3ncnc(NC4CCC(N5CCOCC5)CC4)c3c2c1. The highest BCUT2D eigenvalue weighted by atomic mass is 32.2. The number of fused-ring (bicyclic) bond motifs is 3. The van der Waals surface area contributed by atoms with E-state index in [4.69, 9.17) is 9.72 Å². The molecule has 1 saturated heterocycles. The number of anilines is 1. The third-order valence-electron chi connectivity index (χ3n) is 9.51. The molecule has 1 unspecified atom stereocenters. The van der Waals surface area contributed by atoms with Gasteiger partial charge in [0, 0.05) is 67.4 Å². The van der Waals surface area contributed by atoms with E-state index in [0.29, 0.717) is 24.5 Å². The lowest BCUT2D eigenvalue weighted by molar-refractivity contribution is 0.00791. The van der Waals surface area contributed by atoms with Crippen molar-refractivity contribution in [3.63, 3.8) is 0 Å². The number of nitrogens with one attached hydrogen (secondary N) is 2. The highest BCUT2D eigenvalue weighted by Gasteiger charge is 2.27. The Bertz CT molecular complexity index is 1570. The Kier molecular flexibility index (Phi) is 11.6. The van der Waals surface area contributed by atoms with E-state index in [0.717, 1.165) is 104 Å². The van der Waals surface area contributed by atoms with Crippen molar-refractivity contribution in [1.29, 1.82) is 0 Å². The van der Waals surface area contributed by atoms with Crippen molar-refractivity contribution in [1.82, 2.24) is 24.8 Å². The van der Waals surface area contributed by atoms with Crippen LogP contribution in [0.25, 0.3) is 27.5 Å². The lowest BCUT2D eigenvalue weighted by Gasteiger charge is -2.39. The summed E-state index contributed by atoms with van der Waals surface area (Å²) in [5.74, 6) is 1.17. The van der Waals surface area contributed by atoms with Gasteiger partial charge in [-0.05, 0) is 75.1 Å². The van der Waals surface area contributed by atoms with Crippen molar-refractivity contribution >= 4 is 43.2 Å². The highest BCUT2D eigenvalue weighted by molar-refractivity contribution is 7.90. The summed E-state index contributed by atoms with van der Waals surface area (Å²) in [7, 11) is -0.773. The van der Waals surface area contributed by atoms with E-state index < -0.39 is 9.84 Å². The van der Waals surface area contributed by atoms with Crippen LogP contribution in [0.2, 0.25) is 0 Å². The minimum atomic E-state index is -2.92. The van der Waals surface area contributed by atoms with Crippen molar-refractivity contribution in [3.8, 4) is 0 Å². The number of morpholine rings is 1. The maximum Gasteiger partial charge on any atom is 0.147 e. The molecule has 10 heteroatoms. The van der Waals surface area contributed by atoms with Gasteiger partial charge in [0.2, 0.25) is 0 Å². The van der Waals surface area contributed by atoms with Gasteiger partial charge >= 0.3 is 0 Å². The van der Waals surface area contributed by atoms with Crippen LogP contribution in [0, 0.1) is 0 Å². The predicted octanol–water partition coefficient (Wildman–Crippen LogP) is 6.40. The van der Waals surface area contributed by atoms with E-state index in [1.165, 1.54) is 19.1 Å². The number of nitrogens with zero attached hydrogens (tertiary/aromatic N) is 4. The van der Waals surface area contributed by atoms with Crippen LogP contribution in [0.15, 0.2) is 42.9 Å². The summed E-state index contributed by atoms with van der Waals surface area (Å²) < 4.78 is 28.8. The fourth-order valence-electron chi connectivity index (χ4n) is 7.08. The molecule has 1 saturated carbocycles. The molecule has 2 aliphatic rings. The molecule has 246 valence electrons. The Labute approximate surface area is 269 Å². The number of aromatic nitrogens is 3. The van der Waals surface area contributed by atoms with Crippen LogP contribution in [0.1, 0.15) is 77.2 Å². The molecule has 0 bridgehead atoms. The largest absolute Gasteiger partial charge is 0.379 e. The van der Waals surface area contributed by atoms with E-state index in [9.17, 15) is 8.42 Å². The number of benzene rings is 1. The van der Waals surface area contributed by atoms with E-state index in [1.807, 2.05) is 0 Å². The fraction of sp³-hybridized carbons (Fsp3) is 0.600. The summed E-state index contributed by atoms with van der Waals surface area (Å²) in [6.07, 6.45) is 18.9. The quantitative estimate of drug-likeness (QED) is 0.155. The van der Waals surface area contributed by atoms with Gasteiger partial charge in [-0.25, -0.2) is 18.4 Å². The first-order valence-electron chi connectivity index (χ1n) is 16.8. The average Bonchev–Trinajstić information content (AvgIpc) is 3.41.